The Kier molecular flexibility index (Phi) is 3.18. The zero-order valence-corrected chi connectivity index (χ0v) is 9.14. The normalized spacial score (nSPS) is 12.9. The molecule has 0 aliphatic heterocycles. The highest BCUT2D eigenvalue weighted by molar-refractivity contribution is 7.94. The fourth-order valence-electron chi connectivity index (χ4n) is 0.937. The minimum absolute atomic E-state index is 0.187. The van der Waals surface area contributed by atoms with E-state index in [1.807, 2.05) is 0 Å². The number of sulfone groups is 1. The van der Waals surface area contributed by atoms with Gasteiger partial charge in [-0.3, -0.25) is 0 Å². The topological polar surface area (TPSA) is 60.2 Å². The third-order valence-electron chi connectivity index (χ3n) is 1.48. The SMILES string of the molecule is C/C(N)=C\S(=O)(=O)c1ccc(Cl)cc1. The van der Waals surface area contributed by atoms with Gasteiger partial charge < -0.3 is 5.73 Å². The average Bonchev–Trinajstić information content (AvgIpc) is 2.02. The molecule has 0 aliphatic rings. The number of halogens is 1. The van der Waals surface area contributed by atoms with Gasteiger partial charge in [0.25, 0.3) is 0 Å². The van der Waals surface area contributed by atoms with Crippen LogP contribution in [-0.2, 0) is 9.84 Å². The third kappa shape index (κ3) is 2.75. The average molecular weight is 232 g/mol. The third-order valence-corrected chi connectivity index (χ3v) is 3.35. The predicted molar refractivity (Wildman–Crippen MR) is 56.6 cm³/mol. The Hall–Kier alpha value is -1.00. The lowest BCUT2D eigenvalue weighted by atomic mass is 10.4. The van der Waals surface area contributed by atoms with Gasteiger partial charge in [0, 0.05) is 10.7 Å². The van der Waals surface area contributed by atoms with Crippen molar-refractivity contribution in [2.45, 2.75) is 11.8 Å². The fourth-order valence-corrected chi connectivity index (χ4v) is 2.20. The Labute approximate surface area is 88.1 Å². The Morgan fingerprint density at radius 1 is 1.36 bits per heavy atom. The first-order valence-corrected chi connectivity index (χ1v) is 5.79. The van der Waals surface area contributed by atoms with Gasteiger partial charge in [-0.15, -0.1) is 0 Å². The number of rotatable bonds is 2. The lowest BCUT2D eigenvalue weighted by molar-refractivity contribution is 0.604. The first-order chi connectivity index (χ1) is 6.42. The van der Waals surface area contributed by atoms with Gasteiger partial charge in [0.2, 0.25) is 9.84 Å². The molecule has 1 aromatic carbocycles. The number of benzene rings is 1. The van der Waals surface area contributed by atoms with Gasteiger partial charge in [0.1, 0.15) is 0 Å². The maximum Gasteiger partial charge on any atom is 0.201 e. The molecule has 5 heteroatoms. The van der Waals surface area contributed by atoms with Crippen LogP contribution in [0.1, 0.15) is 6.92 Å². The second-order valence-corrected chi connectivity index (χ2v) is 5.09. The van der Waals surface area contributed by atoms with Gasteiger partial charge in [-0.25, -0.2) is 8.42 Å². The summed E-state index contributed by atoms with van der Waals surface area (Å²) in [7, 11) is -3.42. The van der Waals surface area contributed by atoms with Crippen LogP contribution in [0.5, 0.6) is 0 Å². The quantitative estimate of drug-likeness (QED) is 0.846. The van der Waals surface area contributed by atoms with E-state index < -0.39 is 9.84 Å². The van der Waals surface area contributed by atoms with Gasteiger partial charge in [-0.2, -0.15) is 0 Å². The molecule has 1 aromatic rings. The molecule has 0 aromatic heterocycles. The van der Waals surface area contributed by atoms with Crippen molar-refractivity contribution in [3.8, 4) is 0 Å². The molecule has 0 heterocycles. The summed E-state index contributed by atoms with van der Waals surface area (Å²) >= 11 is 5.63. The van der Waals surface area contributed by atoms with Crippen LogP contribution in [0.15, 0.2) is 40.3 Å². The molecule has 0 saturated heterocycles. The molecular formula is C9H10ClNO2S. The van der Waals surface area contributed by atoms with Crippen molar-refractivity contribution >= 4 is 21.4 Å². The van der Waals surface area contributed by atoms with E-state index in [1.165, 1.54) is 31.2 Å². The highest BCUT2D eigenvalue weighted by Gasteiger charge is 2.10. The van der Waals surface area contributed by atoms with Crippen molar-refractivity contribution < 1.29 is 8.42 Å². The molecule has 0 unspecified atom stereocenters. The monoisotopic (exact) mass is 231 g/mol. The van der Waals surface area contributed by atoms with E-state index in [0.29, 0.717) is 5.02 Å². The van der Waals surface area contributed by atoms with E-state index in [4.69, 9.17) is 17.3 Å². The second kappa shape index (κ2) is 4.02. The molecule has 0 spiro atoms. The number of hydrogen-bond acceptors (Lipinski definition) is 3. The molecule has 1 rings (SSSR count). The molecule has 0 radical (unpaired) electrons. The highest BCUT2D eigenvalue weighted by Crippen LogP contribution is 2.16. The Bertz CT molecular complexity index is 444. The van der Waals surface area contributed by atoms with Crippen LogP contribution >= 0.6 is 11.6 Å². The summed E-state index contributed by atoms with van der Waals surface area (Å²) in [4.78, 5) is 0.187. The maximum absolute atomic E-state index is 11.6. The van der Waals surface area contributed by atoms with Crippen LogP contribution in [0.3, 0.4) is 0 Å². The molecule has 0 bridgehead atoms. The number of nitrogens with two attached hydrogens (primary N) is 1. The van der Waals surface area contributed by atoms with Crippen LogP contribution in [0.25, 0.3) is 0 Å². The van der Waals surface area contributed by atoms with Gasteiger partial charge in [0.05, 0.1) is 10.3 Å². The van der Waals surface area contributed by atoms with Crippen molar-refractivity contribution in [3.63, 3.8) is 0 Å². The molecule has 0 fully saturated rings. The molecule has 3 nitrogen and oxygen atoms in total. The first-order valence-electron chi connectivity index (χ1n) is 3.86. The van der Waals surface area contributed by atoms with E-state index in [2.05, 4.69) is 0 Å². The second-order valence-electron chi connectivity index (χ2n) is 2.86. The first kappa shape index (κ1) is 11.1. The molecule has 14 heavy (non-hydrogen) atoms. The summed E-state index contributed by atoms with van der Waals surface area (Å²) in [6, 6.07) is 5.93. The maximum atomic E-state index is 11.6. The summed E-state index contributed by atoms with van der Waals surface area (Å²) in [5.41, 5.74) is 5.55. The smallest absolute Gasteiger partial charge is 0.201 e. The molecule has 0 saturated carbocycles. The molecule has 0 atom stereocenters. The van der Waals surface area contributed by atoms with Crippen molar-refractivity contribution in [2.24, 2.45) is 5.73 Å². The minimum atomic E-state index is -3.42. The highest BCUT2D eigenvalue weighted by atomic mass is 35.5. The number of allylic oxidation sites excluding steroid dienone is 1. The molecule has 0 aliphatic carbocycles. The predicted octanol–water partition coefficient (Wildman–Crippen LogP) is 1.93. The van der Waals surface area contributed by atoms with Crippen LogP contribution in [0.2, 0.25) is 5.02 Å². The van der Waals surface area contributed by atoms with E-state index in [1.54, 1.807) is 0 Å². The van der Waals surface area contributed by atoms with E-state index in [0.717, 1.165) is 5.41 Å². The fraction of sp³-hybridized carbons (Fsp3) is 0.111. The van der Waals surface area contributed by atoms with Crippen molar-refractivity contribution in [2.75, 3.05) is 0 Å². The van der Waals surface area contributed by atoms with Crippen LogP contribution in [0.4, 0.5) is 0 Å². The van der Waals surface area contributed by atoms with E-state index >= 15 is 0 Å². The molecule has 2 N–H and O–H groups in total. The van der Waals surface area contributed by atoms with E-state index in [-0.39, 0.29) is 10.6 Å². The summed E-state index contributed by atoms with van der Waals surface area (Å²) in [6.07, 6.45) is 0. The molecule has 0 amide bonds. The number of hydrogen-bond donors (Lipinski definition) is 1. The Balaban J connectivity index is 3.18. The Morgan fingerprint density at radius 3 is 2.29 bits per heavy atom. The summed E-state index contributed by atoms with van der Waals surface area (Å²) < 4.78 is 23.1. The largest absolute Gasteiger partial charge is 0.402 e. The zero-order valence-electron chi connectivity index (χ0n) is 7.57. The lowest BCUT2D eigenvalue weighted by Crippen LogP contribution is -2.00. The molecule has 76 valence electrons. The van der Waals surface area contributed by atoms with Crippen LogP contribution in [0, 0.1) is 0 Å². The van der Waals surface area contributed by atoms with Gasteiger partial charge >= 0.3 is 0 Å². The minimum Gasteiger partial charge on any atom is -0.402 e. The zero-order chi connectivity index (χ0) is 10.8. The van der Waals surface area contributed by atoms with Crippen molar-refractivity contribution in [1.82, 2.24) is 0 Å². The van der Waals surface area contributed by atoms with Gasteiger partial charge in [-0.1, -0.05) is 11.6 Å². The van der Waals surface area contributed by atoms with Crippen molar-refractivity contribution in [3.05, 3.63) is 40.4 Å². The summed E-state index contributed by atoms with van der Waals surface area (Å²) in [5.74, 6) is 0. The Morgan fingerprint density at radius 2 is 1.86 bits per heavy atom. The van der Waals surface area contributed by atoms with Gasteiger partial charge in [-0.05, 0) is 31.2 Å². The van der Waals surface area contributed by atoms with E-state index in [9.17, 15) is 8.42 Å². The van der Waals surface area contributed by atoms with Crippen molar-refractivity contribution in [1.29, 1.82) is 0 Å². The lowest BCUT2D eigenvalue weighted by Gasteiger charge is -1.99. The summed E-state index contributed by atoms with van der Waals surface area (Å²) in [6.45, 7) is 1.52. The van der Waals surface area contributed by atoms with Crippen LogP contribution in [-0.4, -0.2) is 8.42 Å². The standard InChI is InChI=1S/C9H10ClNO2S/c1-7(11)6-14(12,13)9-4-2-8(10)3-5-9/h2-6H,11H2,1H3/b7-6+. The van der Waals surface area contributed by atoms with Crippen LogP contribution < -0.4 is 5.73 Å². The molecular weight excluding hydrogens is 222 g/mol. The summed E-state index contributed by atoms with van der Waals surface area (Å²) in [5, 5.41) is 1.52. The van der Waals surface area contributed by atoms with Gasteiger partial charge in [0.15, 0.2) is 0 Å².